The fraction of sp³-hybridized carbons (Fsp3) is 0. The molecule has 2 nitrogen and oxygen atoms in total. The molecule has 5 rings (SSSR count). The number of hydrogen-bond acceptors (Lipinski definition) is 1. The number of carbonyl (C=O) groups is 1. The second-order valence-electron chi connectivity index (χ2n) is 5.91. The van der Waals surface area contributed by atoms with E-state index in [9.17, 15) is 9.90 Å². The summed E-state index contributed by atoms with van der Waals surface area (Å²) in [7, 11) is 0. The highest BCUT2D eigenvalue weighted by Crippen LogP contribution is 2.41. The van der Waals surface area contributed by atoms with Gasteiger partial charge in [0.1, 0.15) is 0 Å². The first kappa shape index (κ1) is 12.4. The third-order valence-corrected chi connectivity index (χ3v) is 4.74. The van der Waals surface area contributed by atoms with E-state index in [2.05, 4.69) is 30.3 Å². The van der Waals surface area contributed by atoms with Crippen molar-refractivity contribution < 1.29 is 9.90 Å². The van der Waals surface area contributed by atoms with E-state index >= 15 is 0 Å². The van der Waals surface area contributed by atoms with Crippen LogP contribution in [0.4, 0.5) is 0 Å². The SMILES string of the molecule is O=C(O)c1ccc2cccc3c4cccc5cccc(c1c23)c54. The molecule has 0 aliphatic carbocycles. The molecule has 0 aliphatic rings. The van der Waals surface area contributed by atoms with Gasteiger partial charge in [-0.05, 0) is 43.8 Å². The van der Waals surface area contributed by atoms with E-state index in [-0.39, 0.29) is 0 Å². The van der Waals surface area contributed by atoms with E-state index < -0.39 is 5.97 Å². The Labute approximate surface area is 131 Å². The first-order valence-corrected chi connectivity index (χ1v) is 7.57. The van der Waals surface area contributed by atoms with Gasteiger partial charge in [0.05, 0.1) is 5.56 Å². The molecule has 5 aromatic rings. The molecule has 0 radical (unpaired) electrons. The molecule has 0 aromatic heterocycles. The smallest absolute Gasteiger partial charge is 0.336 e. The third-order valence-electron chi connectivity index (χ3n) is 4.74. The molecule has 2 heteroatoms. The fourth-order valence-corrected chi connectivity index (χ4v) is 3.84. The van der Waals surface area contributed by atoms with Crippen LogP contribution in [0.5, 0.6) is 0 Å². The van der Waals surface area contributed by atoms with Crippen molar-refractivity contribution in [1.82, 2.24) is 0 Å². The Kier molecular flexibility index (Phi) is 2.27. The van der Waals surface area contributed by atoms with Crippen molar-refractivity contribution in [3.63, 3.8) is 0 Å². The summed E-state index contributed by atoms with van der Waals surface area (Å²) in [6, 6.07) is 22.2. The summed E-state index contributed by atoms with van der Waals surface area (Å²) in [6.45, 7) is 0. The van der Waals surface area contributed by atoms with Gasteiger partial charge in [0.15, 0.2) is 0 Å². The van der Waals surface area contributed by atoms with Crippen molar-refractivity contribution in [3.05, 3.63) is 72.3 Å². The number of fused-ring (bicyclic) bond motifs is 2. The molecule has 0 fully saturated rings. The van der Waals surface area contributed by atoms with Gasteiger partial charge < -0.3 is 5.11 Å². The molecular weight excluding hydrogens is 284 g/mol. The minimum atomic E-state index is -0.881. The maximum Gasteiger partial charge on any atom is 0.336 e. The van der Waals surface area contributed by atoms with Gasteiger partial charge in [0.2, 0.25) is 0 Å². The van der Waals surface area contributed by atoms with Crippen LogP contribution in [0.1, 0.15) is 10.4 Å². The molecule has 0 bridgehead atoms. The van der Waals surface area contributed by atoms with E-state index in [1.807, 2.05) is 30.3 Å². The first-order chi connectivity index (χ1) is 11.3. The minimum absolute atomic E-state index is 0.368. The second-order valence-corrected chi connectivity index (χ2v) is 5.91. The van der Waals surface area contributed by atoms with Crippen molar-refractivity contribution >= 4 is 49.1 Å². The lowest BCUT2D eigenvalue weighted by atomic mass is 9.88. The molecule has 5 aromatic carbocycles. The summed E-state index contributed by atoms with van der Waals surface area (Å²) in [5, 5.41) is 18.2. The van der Waals surface area contributed by atoms with Crippen LogP contribution in [-0.2, 0) is 0 Å². The molecule has 0 heterocycles. The Morgan fingerprint density at radius 1 is 0.609 bits per heavy atom. The van der Waals surface area contributed by atoms with E-state index in [1.54, 1.807) is 6.07 Å². The Bertz CT molecular complexity index is 1230. The average Bonchev–Trinajstić information content (AvgIpc) is 2.58. The molecular formula is C21H12O2. The van der Waals surface area contributed by atoms with Crippen molar-refractivity contribution in [3.8, 4) is 0 Å². The van der Waals surface area contributed by atoms with E-state index in [0.717, 1.165) is 37.7 Å². The maximum absolute atomic E-state index is 11.8. The van der Waals surface area contributed by atoms with Crippen LogP contribution in [-0.4, -0.2) is 11.1 Å². The lowest BCUT2D eigenvalue weighted by Crippen LogP contribution is -1.99. The van der Waals surface area contributed by atoms with Crippen molar-refractivity contribution in [1.29, 1.82) is 0 Å². The van der Waals surface area contributed by atoms with Gasteiger partial charge in [0, 0.05) is 5.39 Å². The molecule has 23 heavy (non-hydrogen) atoms. The zero-order valence-corrected chi connectivity index (χ0v) is 12.2. The van der Waals surface area contributed by atoms with Crippen LogP contribution in [0.25, 0.3) is 43.1 Å². The number of rotatable bonds is 1. The Morgan fingerprint density at radius 3 is 1.83 bits per heavy atom. The topological polar surface area (TPSA) is 37.3 Å². The second kappa shape index (κ2) is 4.20. The predicted molar refractivity (Wildman–Crippen MR) is 94.6 cm³/mol. The van der Waals surface area contributed by atoms with E-state index in [4.69, 9.17) is 0 Å². The highest BCUT2D eigenvalue weighted by atomic mass is 16.4. The molecule has 1 N–H and O–H groups in total. The molecule has 108 valence electrons. The quantitative estimate of drug-likeness (QED) is 0.330. The van der Waals surface area contributed by atoms with Gasteiger partial charge in [-0.2, -0.15) is 0 Å². The fourth-order valence-electron chi connectivity index (χ4n) is 3.84. The highest BCUT2D eigenvalue weighted by molar-refractivity contribution is 6.35. The van der Waals surface area contributed by atoms with Crippen LogP contribution in [0, 0.1) is 0 Å². The van der Waals surface area contributed by atoms with Crippen LogP contribution < -0.4 is 0 Å². The summed E-state index contributed by atoms with van der Waals surface area (Å²) in [5.74, 6) is -0.881. The minimum Gasteiger partial charge on any atom is -0.478 e. The summed E-state index contributed by atoms with van der Waals surface area (Å²) in [5.41, 5.74) is 0.368. The molecule has 0 atom stereocenters. The molecule has 0 unspecified atom stereocenters. The zero-order valence-electron chi connectivity index (χ0n) is 12.2. The molecule has 0 aliphatic heterocycles. The lowest BCUT2D eigenvalue weighted by molar-refractivity contribution is 0.0699. The lowest BCUT2D eigenvalue weighted by Gasteiger charge is -2.15. The Morgan fingerprint density at radius 2 is 1.17 bits per heavy atom. The maximum atomic E-state index is 11.8. The molecule has 0 spiro atoms. The molecule has 0 amide bonds. The first-order valence-electron chi connectivity index (χ1n) is 7.57. The standard InChI is InChI=1S/C21H12O2/c22-21(23)17-11-10-13-6-2-8-15-14-7-1-4-12-5-3-9-16(18(12)14)20(17)19(13)15/h1-11H,(H,22,23). The zero-order chi connectivity index (χ0) is 15.6. The van der Waals surface area contributed by atoms with Crippen molar-refractivity contribution in [2.75, 3.05) is 0 Å². The van der Waals surface area contributed by atoms with Crippen molar-refractivity contribution in [2.24, 2.45) is 0 Å². The average molecular weight is 296 g/mol. The molecule has 0 saturated heterocycles. The predicted octanol–water partition coefficient (Wildman–Crippen LogP) is 5.44. The van der Waals surface area contributed by atoms with Crippen LogP contribution in [0.3, 0.4) is 0 Å². The van der Waals surface area contributed by atoms with Crippen LogP contribution >= 0.6 is 0 Å². The Hall–Kier alpha value is -3.13. The van der Waals surface area contributed by atoms with Gasteiger partial charge in [-0.15, -0.1) is 0 Å². The van der Waals surface area contributed by atoms with Gasteiger partial charge in [-0.25, -0.2) is 4.79 Å². The molecule has 0 saturated carbocycles. The van der Waals surface area contributed by atoms with E-state index in [0.29, 0.717) is 5.56 Å². The summed E-state index contributed by atoms with van der Waals surface area (Å²) >= 11 is 0. The third kappa shape index (κ3) is 1.50. The van der Waals surface area contributed by atoms with Crippen molar-refractivity contribution in [2.45, 2.75) is 0 Å². The summed E-state index contributed by atoms with van der Waals surface area (Å²) < 4.78 is 0. The van der Waals surface area contributed by atoms with Gasteiger partial charge in [0.25, 0.3) is 0 Å². The summed E-state index contributed by atoms with van der Waals surface area (Å²) in [6.07, 6.45) is 0. The van der Waals surface area contributed by atoms with Gasteiger partial charge in [-0.3, -0.25) is 0 Å². The van der Waals surface area contributed by atoms with Crippen LogP contribution in [0.15, 0.2) is 66.7 Å². The van der Waals surface area contributed by atoms with Gasteiger partial charge >= 0.3 is 5.97 Å². The number of hydrogen-bond donors (Lipinski definition) is 1. The highest BCUT2D eigenvalue weighted by Gasteiger charge is 2.17. The van der Waals surface area contributed by atoms with E-state index in [1.165, 1.54) is 5.39 Å². The van der Waals surface area contributed by atoms with Gasteiger partial charge in [-0.1, -0.05) is 60.7 Å². The summed E-state index contributed by atoms with van der Waals surface area (Å²) in [4.78, 5) is 11.8. The largest absolute Gasteiger partial charge is 0.478 e. The normalized spacial score (nSPS) is 11.8. The Balaban J connectivity index is 2.28. The number of aromatic carboxylic acids is 1. The van der Waals surface area contributed by atoms with Crippen LogP contribution in [0.2, 0.25) is 0 Å². The number of benzene rings is 5. The monoisotopic (exact) mass is 296 g/mol. The number of carboxylic acid groups (broad SMARTS) is 1. The number of carboxylic acids is 1.